The third-order valence-electron chi connectivity index (χ3n) is 3.91. The highest BCUT2D eigenvalue weighted by atomic mass is 16.1. The van der Waals surface area contributed by atoms with Gasteiger partial charge < -0.3 is 5.32 Å². The number of amides is 1. The smallest absolute Gasteiger partial charge is 0.271 e. The fraction of sp³-hybridized carbons (Fsp3) is 0.438. The minimum atomic E-state index is -0.105. The second-order valence-electron chi connectivity index (χ2n) is 5.63. The molecule has 0 saturated heterocycles. The van der Waals surface area contributed by atoms with E-state index in [0.717, 1.165) is 17.7 Å². The summed E-state index contributed by atoms with van der Waals surface area (Å²) < 4.78 is 1.83. The molecular weight excluding hydrogens is 264 g/mol. The largest absolute Gasteiger partial charge is 0.350 e. The van der Waals surface area contributed by atoms with E-state index >= 15 is 0 Å². The van der Waals surface area contributed by atoms with Gasteiger partial charge in [0, 0.05) is 43.5 Å². The van der Waals surface area contributed by atoms with Crippen molar-refractivity contribution in [2.24, 2.45) is 7.05 Å². The lowest BCUT2D eigenvalue weighted by molar-refractivity contribution is 0.0948. The van der Waals surface area contributed by atoms with E-state index in [1.165, 1.54) is 18.5 Å². The molecule has 2 aromatic rings. The number of aryl methyl sites for hydroxylation is 2. The molecule has 1 saturated carbocycles. The van der Waals surface area contributed by atoms with E-state index in [-0.39, 0.29) is 5.91 Å². The van der Waals surface area contributed by atoms with Crippen molar-refractivity contribution in [3.63, 3.8) is 0 Å². The summed E-state index contributed by atoms with van der Waals surface area (Å²) in [7, 11) is 1.90. The second kappa shape index (κ2) is 5.68. The minimum Gasteiger partial charge on any atom is -0.350 e. The van der Waals surface area contributed by atoms with E-state index in [1.807, 2.05) is 36.9 Å². The van der Waals surface area contributed by atoms with Gasteiger partial charge in [-0.1, -0.05) is 6.07 Å². The lowest BCUT2D eigenvalue weighted by Gasteiger charge is -2.05. The molecule has 0 spiro atoms. The Bertz CT molecular complexity index is 658. The maximum Gasteiger partial charge on any atom is 0.271 e. The quantitative estimate of drug-likeness (QED) is 0.913. The summed E-state index contributed by atoms with van der Waals surface area (Å²) in [6.07, 6.45) is 4.94. The fourth-order valence-electron chi connectivity index (χ4n) is 2.52. The van der Waals surface area contributed by atoms with Gasteiger partial charge in [0.15, 0.2) is 0 Å². The van der Waals surface area contributed by atoms with Crippen LogP contribution in [0.1, 0.15) is 46.2 Å². The van der Waals surface area contributed by atoms with Crippen molar-refractivity contribution in [1.82, 2.24) is 20.1 Å². The molecule has 5 heteroatoms. The van der Waals surface area contributed by atoms with Gasteiger partial charge in [0.1, 0.15) is 5.69 Å². The Hall–Kier alpha value is -2.17. The molecule has 0 aromatic carbocycles. The van der Waals surface area contributed by atoms with E-state index in [9.17, 15) is 4.79 Å². The number of hydrogen-bond acceptors (Lipinski definition) is 3. The third kappa shape index (κ3) is 3.12. The van der Waals surface area contributed by atoms with Crippen LogP contribution in [0, 0.1) is 6.92 Å². The first-order chi connectivity index (χ1) is 10.1. The number of carbonyl (C=O) groups is 1. The normalized spacial score (nSPS) is 14.2. The number of carbonyl (C=O) groups excluding carboxylic acids is 1. The molecule has 1 N–H and O–H groups in total. The van der Waals surface area contributed by atoms with Gasteiger partial charge in [-0.05, 0) is 37.5 Å². The number of pyridine rings is 1. The molecule has 2 aromatic heterocycles. The highest BCUT2D eigenvalue weighted by molar-refractivity contribution is 5.92. The van der Waals surface area contributed by atoms with E-state index < -0.39 is 0 Å². The zero-order valence-corrected chi connectivity index (χ0v) is 12.5. The lowest BCUT2D eigenvalue weighted by atomic mass is 10.1. The van der Waals surface area contributed by atoms with Crippen molar-refractivity contribution in [2.45, 2.75) is 32.1 Å². The second-order valence-corrected chi connectivity index (χ2v) is 5.63. The SMILES string of the molecule is Cc1cccnc1CCNC(=O)c1cc(C2CC2)n(C)n1. The maximum absolute atomic E-state index is 12.1. The number of aromatic nitrogens is 3. The van der Waals surface area contributed by atoms with Crippen molar-refractivity contribution >= 4 is 5.91 Å². The molecule has 0 unspecified atom stereocenters. The van der Waals surface area contributed by atoms with Crippen molar-refractivity contribution < 1.29 is 4.79 Å². The minimum absolute atomic E-state index is 0.105. The highest BCUT2D eigenvalue weighted by Gasteiger charge is 2.28. The number of nitrogens with one attached hydrogen (secondary N) is 1. The number of hydrogen-bond donors (Lipinski definition) is 1. The van der Waals surface area contributed by atoms with Crippen LogP contribution in [0.4, 0.5) is 0 Å². The molecule has 0 atom stereocenters. The first kappa shape index (κ1) is 13.8. The summed E-state index contributed by atoms with van der Waals surface area (Å²) in [6.45, 7) is 2.61. The van der Waals surface area contributed by atoms with Gasteiger partial charge in [0.05, 0.1) is 0 Å². The zero-order chi connectivity index (χ0) is 14.8. The average molecular weight is 284 g/mol. The topological polar surface area (TPSA) is 59.8 Å². The van der Waals surface area contributed by atoms with Crippen LogP contribution in [0.25, 0.3) is 0 Å². The van der Waals surface area contributed by atoms with Crippen LogP contribution in [0.2, 0.25) is 0 Å². The average Bonchev–Trinajstić information content (AvgIpc) is 3.23. The molecular formula is C16H20N4O. The van der Waals surface area contributed by atoms with Gasteiger partial charge >= 0.3 is 0 Å². The molecule has 2 heterocycles. The summed E-state index contributed by atoms with van der Waals surface area (Å²) in [5, 5.41) is 7.22. The van der Waals surface area contributed by atoms with Gasteiger partial charge in [0.2, 0.25) is 0 Å². The first-order valence-electron chi connectivity index (χ1n) is 7.38. The molecule has 0 radical (unpaired) electrons. The molecule has 0 aliphatic heterocycles. The molecule has 1 amide bonds. The summed E-state index contributed by atoms with van der Waals surface area (Å²) in [6, 6.07) is 5.87. The van der Waals surface area contributed by atoms with Crippen LogP contribution in [-0.4, -0.2) is 27.2 Å². The molecule has 5 nitrogen and oxygen atoms in total. The van der Waals surface area contributed by atoms with Crippen LogP contribution in [0.15, 0.2) is 24.4 Å². The summed E-state index contributed by atoms with van der Waals surface area (Å²) >= 11 is 0. The van der Waals surface area contributed by atoms with Gasteiger partial charge in [-0.25, -0.2) is 0 Å². The molecule has 0 bridgehead atoms. The van der Waals surface area contributed by atoms with Gasteiger partial charge in [-0.3, -0.25) is 14.5 Å². The van der Waals surface area contributed by atoms with Crippen LogP contribution in [0.5, 0.6) is 0 Å². The Kier molecular flexibility index (Phi) is 3.73. The molecule has 1 fully saturated rings. The Labute approximate surface area is 124 Å². The first-order valence-corrected chi connectivity index (χ1v) is 7.38. The van der Waals surface area contributed by atoms with Crippen LogP contribution in [0.3, 0.4) is 0 Å². The van der Waals surface area contributed by atoms with E-state index in [1.54, 1.807) is 6.20 Å². The van der Waals surface area contributed by atoms with E-state index in [4.69, 9.17) is 0 Å². The molecule has 21 heavy (non-hydrogen) atoms. The Morgan fingerprint density at radius 1 is 1.48 bits per heavy atom. The van der Waals surface area contributed by atoms with Crippen molar-refractivity contribution in [3.05, 3.63) is 47.0 Å². The van der Waals surface area contributed by atoms with Crippen molar-refractivity contribution in [1.29, 1.82) is 0 Å². The third-order valence-corrected chi connectivity index (χ3v) is 3.91. The summed E-state index contributed by atoms with van der Waals surface area (Å²) in [5.41, 5.74) is 3.86. The monoisotopic (exact) mass is 284 g/mol. The van der Waals surface area contributed by atoms with Gasteiger partial charge in [-0.2, -0.15) is 5.10 Å². The lowest BCUT2D eigenvalue weighted by Crippen LogP contribution is -2.26. The van der Waals surface area contributed by atoms with Crippen LogP contribution in [-0.2, 0) is 13.5 Å². The highest BCUT2D eigenvalue weighted by Crippen LogP contribution is 2.39. The maximum atomic E-state index is 12.1. The van der Waals surface area contributed by atoms with Gasteiger partial charge in [0.25, 0.3) is 5.91 Å². The Morgan fingerprint density at radius 3 is 3.00 bits per heavy atom. The van der Waals surface area contributed by atoms with E-state index in [2.05, 4.69) is 15.4 Å². The zero-order valence-electron chi connectivity index (χ0n) is 12.5. The number of nitrogens with zero attached hydrogens (tertiary/aromatic N) is 3. The van der Waals surface area contributed by atoms with Crippen LogP contribution >= 0.6 is 0 Å². The molecule has 1 aliphatic rings. The fourth-order valence-corrected chi connectivity index (χ4v) is 2.52. The molecule has 110 valence electrons. The van der Waals surface area contributed by atoms with Crippen molar-refractivity contribution in [2.75, 3.05) is 6.54 Å². The Balaban J connectivity index is 1.57. The van der Waals surface area contributed by atoms with E-state index in [0.29, 0.717) is 18.2 Å². The molecule has 1 aliphatic carbocycles. The predicted molar refractivity (Wildman–Crippen MR) is 80.2 cm³/mol. The van der Waals surface area contributed by atoms with Gasteiger partial charge in [-0.15, -0.1) is 0 Å². The number of rotatable bonds is 5. The standard InChI is InChI=1S/C16H20N4O/c1-11-4-3-8-17-13(11)7-9-18-16(21)14-10-15(12-5-6-12)20(2)19-14/h3-4,8,10,12H,5-7,9H2,1-2H3,(H,18,21). The van der Waals surface area contributed by atoms with Crippen LogP contribution < -0.4 is 5.32 Å². The summed E-state index contributed by atoms with van der Waals surface area (Å²) in [5.74, 6) is 0.492. The molecule has 3 rings (SSSR count). The summed E-state index contributed by atoms with van der Waals surface area (Å²) in [4.78, 5) is 16.4. The Morgan fingerprint density at radius 2 is 2.29 bits per heavy atom. The predicted octanol–water partition coefficient (Wildman–Crippen LogP) is 1.97. The van der Waals surface area contributed by atoms with Crippen molar-refractivity contribution in [3.8, 4) is 0 Å².